The van der Waals surface area contributed by atoms with Crippen molar-refractivity contribution in [3.63, 3.8) is 0 Å². The third kappa shape index (κ3) is 6.06. The number of nitrogens with one attached hydrogen (secondary N) is 1. The maximum atomic E-state index is 12.5. The highest BCUT2D eigenvalue weighted by atomic mass is 32.2. The zero-order chi connectivity index (χ0) is 16.3. The van der Waals surface area contributed by atoms with Crippen LogP contribution in [0.4, 0.5) is 0 Å². The van der Waals surface area contributed by atoms with Gasteiger partial charge in [0.05, 0.1) is 0 Å². The highest BCUT2D eigenvalue weighted by Crippen LogP contribution is 2.24. The van der Waals surface area contributed by atoms with Crippen molar-refractivity contribution >= 4 is 21.4 Å². The molecule has 0 fully saturated rings. The lowest BCUT2D eigenvalue weighted by atomic mass is 9.88. The highest BCUT2D eigenvalue weighted by molar-refractivity contribution is 7.91. The maximum Gasteiger partial charge on any atom is 0.252 e. The van der Waals surface area contributed by atoms with Crippen LogP contribution in [0.15, 0.2) is 21.7 Å². The first-order chi connectivity index (χ1) is 9.52. The predicted octanol–water partition coefficient (Wildman–Crippen LogP) is 3.17. The van der Waals surface area contributed by atoms with Gasteiger partial charge in [0.1, 0.15) is 4.21 Å². The van der Waals surface area contributed by atoms with E-state index in [0.29, 0.717) is 16.8 Å². The van der Waals surface area contributed by atoms with Crippen molar-refractivity contribution in [2.75, 3.05) is 13.6 Å². The Labute approximate surface area is 133 Å². The lowest BCUT2D eigenvalue weighted by molar-refractivity contribution is 0.269. The number of hydrogen-bond acceptors (Lipinski definition) is 4. The van der Waals surface area contributed by atoms with Crippen LogP contribution in [0.1, 0.15) is 41.0 Å². The standard InChI is InChI=1S/C15H28N2O2S2/c1-12(2)16-13(10-15(3,4)5)11-17(6)21(18,19)14-8-7-9-20-14/h7-9,12-13,16H,10-11H2,1-6H3/t13-/m0/s1. The SMILES string of the molecule is CC(C)N[C@H](CN(C)S(=O)(=O)c1cccs1)CC(C)(C)C. The van der Waals surface area contributed by atoms with Gasteiger partial charge in [0, 0.05) is 25.7 Å². The fourth-order valence-electron chi connectivity index (χ4n) is 2.36. The third-order valence-corrected chi connectivity index (χ3v) is 6.26. The van der Waals surface area contributed by atoms with E-state index in [1.54, 1.807) is 24.6 Å². The van der Waals surface area contributed by atoms with E-state index in [1.807, 2.05) is 0 Å². The fourth-order valence-corrected chi connectivity index (χ4v) is 4.78. The number of hydrogen-bond donors (Lipinski definition) is 1. The zero-order valence-electron chi connectivity index (χ0n) is 13.9. The summed E-state index contributed by atoms with van der Waals surface area (Å²) in [6, 6.07) is 3.90. The fraction of sp³-hybridized carbons (Fsp3) is 0.733. The summed E-state index contributed by atoms with van der Waals surface area (Å²) in [5.74, 6) is 0. The van der Waals surface area contributed by atoms with Gasteiger partial charge in [0.2, 0.25) is 0 Å². The molecule has 122 valence electrons. The second-order valence-corrected chi connectivity index (χ2v) is 10.2. The number of thiophene rings is 1. The van der Waals surface area contributed by atoms with Gasteiger partial charge in [0.25, 0.3) is 10.0 Å². The highest BCUT2D eigenvalue weighted by Gasteiger charge is 2.27. The lowest BCUT2D eigenvalue weighted by Crippen LogP contribution is -2.46. The van der Waals surface area contributed by atoms with E-state index >= 15 is 0 Å². The molecular formula is C15H28N2O2S2. The normalized spacial score (nSPS) is 14.9. The first kappa shape index (κ1) is 18.6. The summed E-state index contributed by atoms with van der Waals surface area (Å²) < 4.78 is 26.8. The molecule has 6 heteroatoms. The average molecular weight is 333 g/mol. The maximum absolute atomic E-state index is 12.5. The van der Waals surface area contributed by atoms with Gasteiger partial charge in [-0.25, -0.2) is 8.42 Å². The molecule has 0 aliphatic carbocycles. The number of rotatable bonds is 7. The topological polar surface area (TPSA) is 49.4 Å². The molecule has 0 saturated heterocycles. The van der Waals surface area contributed by atoms with Crippen LogP contribution in [0, 0.1) is 5.41 Å². The molecule has 0 amide bonds. The van der Waals surface area contributed by atoms with E-state index in [9.17, 15) is 8.42 Å². The molecular weight excluding hydrogens is 304 g/mol. The van der Waals surface area contributed by atoms with Crippen molar-refractivity contribution in [3.05, 3.63) is 17.5 Å². The van der Waals surface area contributed by atoms with Crippen molar-refractivity contribution in [3.8, 4) is 0 Å². The molecule has 21 heavy (non-hydrogen) atoms. The summed E-state index contributed by atoms with van der Waals surface area (Å²) in [5.41, 5.74) is 0.153. The molecule has 0 saturated carbocycles. The van der Waals surface area contributed by atoms with Gasteiger partial charge in [0.15, 0.2) is 0 Å². The molecule has 0 unspecified atom stereocenters. The van der Waals surface area contributed by atoms with Crippen LogP contribution >= 0.6 is 11.3 Å². The summed E-state index contributed by atoms with van der Waals surface area (Å²) in [4.78, 5) is 0. The van der Waals surface area contributed by atoms with Crippen LogP contribution in [0.5, 0.6) is 0 Å². The molecule has 0 aliphatic heterocycles. The van der Waals surface area contributed by atoms with E-state index in [-0.39, 0.29) is 11.5 Å². The van der Waals surface area contributed by atoms with Gasteiger partial charge >= 0.3 is 0 Å². The molecule has 0 radical (unpaired) electrons. The van der Waals surface area contributed by atoms with Crippen LogP contribution in [0.2, 0.25) is 0 Å². The molecule has 1 heterocycles. The molecule has 0 spiro atoms. The van der Waals surface area contributed by atoms with Gasteiger partial charge in [-0.3, -0.25) is 0 Å². The molecule has 0 bridgehead atoms. The summed E-state index contributed by atoms with van der Waals surface area (Å²) in [6.07, 6.45) is 0.926. The quantitative estimate of drug-likeness (QED) is 0.834. The van der Waals surface area contributed by atoms with E-state index < -0.39 is 10.0 Å². The minimum atomic E-state index is -3.37. The average Bonchev–Trinajstić information content (AvgIpc) is 2.78. The molecule has 1 atom stereocenters. The number of likely N-dealkylation sites (N-methyl/N-ethyl adjacent to an activating group) is 1. The molecule has 1 rings (SSSR count). The van der Waals surface area contributed by atoms with Crippen LogP contribution in [-0.2, 0) is 10.0 Å². The minimum Gasteiger partial charge on any atom is -0.310 e. The molecule has 4 nitrogen and oxygen atoms in total. The molecule has 0 aromatic carbocycles. The van der Waals surface area contributed by atoms with E-state index in [2.05, 4.69) is 39.9 Å². The first-order valence-electron chi connectivity index (χ1n) is 7.28. The van der Waals surface area contributed by atoms with Crippen molar-refractivity contribution in [2.24, 2.45) is 5.41 Å². The summed E-state index contributed by atoms with van der Waals surface area (Å²) in [5, 5.41) is 5.27. The Balaban J connectivity index is 2.82. The monoisotopic (exact) mass is 332 g/mol. The Morgan fingerprint density at radius 1 is 1.33 bits per heavy atom. The van der Waals surface area contributed by atoms with Gasteiger partial charge < -0.3 is 5.32 Å². The van der Waals surface area contributed by atoms with E-state index in [0.717, 1.165) is 6.42 Å². The van der Waals surface area contributed by atoms with E-state index in [4.69, 9.17) is 0 Å². The van der Waals surface area contributed by atoms with Crippen molar-refractivity contribution in [1.29, 1.82) is 0 Å². The molecule has 1 aromatic rings. The second-order valence-electron chi connectivity index (χ2n) is 7.00. The molecule has 0 aliphatic rings. The van der Waals surface area contributed by atoms with Gasteiger partial charge in [-0.1, -0.05) is 40.7 Å². The predicted molar refractivity (Wildman–Crippen MR) is 90.3 cm³/mol. The third-order valence-electron chi connectivity index (χ3n) is 3.06. The summed E-state index contributed by atoms with van der Waals surface area (Å²) in [7, 11) is -1.71. The zero-order valence-corrected chi connectivity index (χ0v) is 15.5. The Bertz CT molecular complexity index is 516. The minimum absolute atomic E-state index is 0.143. The smallest absolute Gasteiger partial charge is 0.252 e. The van der Waals surface area contributed by atoms with Gasteiger partial charge in [-0.05, 0) is 23.3 Å². The molecule has 1 N–H and O–H groups in total. The van der Waals surface area contributed by atoms with Crippen LogP contribution in [-0.4, -0.2) is 38.4 Å². The van der Waals surface area contributed by atoms with Crippen LogP contribution in [0.25, 0.3) is 0 Å². The summed E-state index contributed by atoms with van der Waals surface area (Å²) in [6.45, 7) is 11.2. The summed E-state index contributed by atoms with van der Waals surface area (Å²) >= 11 is 1.26. The van der Waals surface area contributed by atoms with Crippen molar-refractivity contribution < 1.29 is 8.42 Å². The number of nitrogens with zero attached hydrogens (tertiary/aromatic N) is 1. The van der Waals surface area contributed by atoms with Crippen LogP contribution in [0.3, 0.4) is 0 Å². The Morgan fingerprint density at radius 3 is 2.38 bits per heavy atom. The Kier molecular flexibility index (Phi) is 6.40. The van der Waals surface area contributed by atoms with E-state index in [1.165, 1.54) is 15.6 Å². The Hall–Kier alpha value is -0.430. The Morgan fingerprint density at radius 2 is 1.95 bits per heavy atom. The van der Waals surface area contributed by atoms with Crippen LogP contribution < -0.4 is 5.32 Å². The molecule has 1 aromatic heterocycles. The first-order valence-corrected chi connectivity index (χ1v) is 9.60. The van der Waals surface area contributed by atoms with Gasteiger partial charge in [-0.15, -0.1) is 11.3 Å². The number of sulfonamides is 1. The largest absolute Gasteiger partial charge is 0.310 e. The second kappa shape index (κ2) is 7.22. The van der Waals surface area contributed by atoms with Crippen molar-refractivity contribution in [1.82, 2.24) is 9.62 Å². The van der Waals surface area contributed by atoms with Crippen molar-refractivity contribution in [2.45, 2.75) is 57.3 Å². The van der Waals surface area contributed by atoms with Gasteiger partial charge in [-0.2, -0.15) is 4.31 Å². The lowest BCUT2D eigenvalue weighted by Gasteiger charge is -2.31.